The van der Waals surface area contributed by atoms with Gasteiger partial charge in [-0.3, -0.25) is 0 Å². The van der Waals surface area contributed by atoms with Crippen molar-refractivity contribution in [1.82, 2.24) is 0 Å². The first-order chi connectivity index (χ1) is 7.72. The summed E-state index contributed by atoms with van der Waals surface area (Å²) in [6, 6.07) is 5.73. The normalized spacial score (nSPS) is 11.2. The molecule has 0 fully saturated rings. The molecule has 1 aromatic rings. The zero-order valence-corrected chi connectivity index (χ0v) is 11.1. The topological polar surface area (TPSA) is 44.5 Å². The van der Waals surface area contributed by atoms with Crippen LogP contribution in [0, 0.1) is 0 Å². The molecule has 0 unspecified atom stereocenters. The lowest BCUT2D eigenvalue weighted by atomic mass is 10.0. The second-order valence-corrected chi connectivity index (χ2v) is 3.47. The second-order valence-electron chi connectivity index (χ2n) is 3.47. The molecule has 4 heteroatoms. The van der Waals surface area contributed by atoms with E-state index in [9.17, 15) is 0 Å². The van der Waals surface area contributed by atoms with Gasteiger partial charge in [0.05, 0.1) is 13.7 Å². The van der Waals surface area contributed by atoms with Crippen LogP contribution in [0.4, 0.5) is 0 Å². The van der Waals surface area contributed by atoms with Gasteiger partial charge in [-0.25, -0.2) is 0 Å². The third-order valence-electron chi connectivity index (χ3n) is 2.34. The quantitative estimate of drug-likeness (QED) is 0.797. The summed E-state index contributed by atoms with van der Waals surface area (Å²) in [5, 5.41) is 0. The lowest BCUT2D eigenvalue weighted by Crippen LogP contribution is -2.09. The molecule has 17 heavy (non-hydrogen) atoms. The van der Waals surface area contributed by atoms with Crippen LogP contribution in [0.3, 0.4) is 0 Å². The minimum absolute atomic E-state index is 0. The molecule has 0 radical (unpaired) electrons. The summed E-state index contributed by atoms with van der Waals surface area (Å²) in [7, 11) is 1.63. The lowest BCUT2D eigenvalue weighted by molar-refractivity contribution is 0.310. The Morgan fingerprint density at radius 1 is 1.41 bits per heavy atom. The maximum atomic E-state index is 5.99. The van der Waals surface area contributed by atoms with Gasteiger partial charge in [-0.2, -0.15) is 0 Å². The average molecular weight is 258 g/mol. The molecule has 3 nitrogen and oxygen atoms in total. The van der Waals surface area contributed by atoms with Crippen molar-refractivity contribution >= 4 is 12.4 Å². The first kappa shape index (κ1) is 15.8. The molecule has 2 N–H and O–H groups in total. The van der Waals surface area contributed by atoms with Gasteiger partial charge in [0.15, 0.2) is 11.5 Å². The van der Waals surface area contributed by atoms with E-state index in [1.165, 1.54) is 0 Å². The van der Waals surface area contributed by atoms with E-state index in [2.05, 4.69) is 6.58 Å². The zero-order chi connectivity index (χ0) is 12.0. The van der Waals surface area contributed by atoms with Gasteiger partial charge in [0.25, 0.3) is 0 Å². The van der Waals surface area contributed by atoms with Crippen molar-refractivity contribution < 1.29 is 9.47 Å². The fourth-order valence-electron chi connectivity index (χ4n) is 1.51. The van der Waals surface area contributed by atoms with Crippen molar-refractivity contribution in [1.29, 1.82) is 0 Å². The summed E-state index contributed by atoms with van der Waals surface area (Å²) in [5.41, 5.74) is 7.01. The maximum Gasteiger partial charge on any atom is 0.161 e. The molecule has 0 aliphatic carbocycles. The van der Waals surface area contributed by atoms with Crippen LogP contribution >= 0.6 is 12.4 Å². The summed E-state index contributed by atoms with van der Waals surface area (Å²) in [5.74, 6) is 1.47. The van der Waals surface area contributed by atoms with Gasteiger partial charge in [0.2, 0.25) is 0 Å². The van der Waals surface area contributed by atoms with Gasteiger partial charge in [-0.05, 0) is 31.0 Å². The molecule has 0 aromatic heterocycles. The fourth-order valence-corrected chi connectivity index (χ4v) is 1.51. The van der Waals surface area contributed by atoms with Crippen molar-refractivity contribution in [3.05, 3.63) is 36.4 Å². The number of hydrogen-bond donors (Lipinski definition) is 1. The van der Waals surface area contributed by atoms with Crippen molar-refractivity contribution in [2.45, 2.75) is 19.4 Å². The monoisotopic (exact) mass is 257 g/mol. The summed E-state index contributed by atoms with van der Waals surface area (Å²) >= 11 is 0. The molecule has 1 atom stereocenters. The van der Waals surface area contributed by atoms with Crippen LogP contribution in [0.5, 0.6) is 11.5 Å². The van der Waals surface area contributed by atoms with Gasteiger partial charge in [0.1, 0.15) is 0 Å². The highest BCUT2D eigenvalue weighted by atomic mass is 35.5. The number of nitrogens with two attached hydrogens (primary N) is 1. The molecule has 0 saturated heterocycles. The van der Waals surface area contributed by atoms with E-state index in [4.69, 9.17) is 15.2 Å². The minimum atomic E-state index is -0.0397. The van der Waals surface area contributed by atoms with E-state index < -0.39 is 0 Å². The Hall–Kier alpha value is -1.19. The first-order valence-corrected chi connectivity index (χ1v) is 5.40. The molecule has 0 bridgehead atoms. The lowest BCUT2D eigenvalue weighted by Gasteiger charge is -2.14. The van der Waals surface area contributed by atoms with E-state index in [-0.39, 0.29) is 18.4 Å². The predicted octanol–water partition coefficient (Wildman–Crippen LogP) is 3.09. The van der Waals surface area contributed by atoms with Crippen LogP contribution in [0.15, 0.2) is 30.9 Å². The number of ether oxygens (including phenoxy) is 2. The van der Waals surface area contributed by atoms with Crippen molar-refractivity contribution in [3.8, 4) is 11.5 Å². The van der Waals surface area contributed by atoms with Crippen LogP contribution in [-0.2, 0) is 0 Å². The fraction of sp³-hybridized carbons (Fsp3) is 0.385. The molecule has 96 valence electrons. The van der Waals surface area contributed by atoms with Crippen LogP contribution in [-0.4, -0.2) is 13.7 Å². The maximum absolute atomic E-state index is 5.99. The predicted molar refractivity (Wildman–Crippen MR) is 73.2 cm³/mol. The summed E-state index contributed by atoms with van der Waals surface area (Å²) in [6.07, 6.45) is 2.56. The molecular weight excluding hydrogens is 238 g/mol. The van der Waals surface area contributed by atoms with E-state index in [1.807, 2.05) is 31.2 Å². The van der Waals surface area contributed by atoms with E-state index in [0.29, 0.717) is 6.61 Å². The Labute approximate surface area is 109 Å². The third-order valence-corrected chi connectivity index (χ3v) is 2.34. The smallest absolute Gasteiger partial charge is 0.161 e. The van der Waals surface area contributed by atoms with E-state index >= 15 is 0 Å². The number of methoxy groups -OCH3 is 1. The Balaban J connectivity index is 0.00000256. The summed E-state index contributed by atoms with van der Waals surface area (Å²) in [6.45, 7) is 6.24. The standard InChI is InChI=1S/C13H19NO2.ClH/c1-4-6-11(14)10-7-8-12(16-5-2)13(9-10)15-3;/h4,7-9,11H,1,5-6,14H2,2-3H3;1H/t11-;/m1./s1. The average Bonchev–Trinajstić information content (AvgIpc) is 2.30. The molecule has 0 amide bonds. The zero-order valence-electron chi connectivity index (χ0n) is 10.3. The number of halogens is 1. The Morgan fingerprint density at radius 3 is 2.65 bits per heavy atom. The second kappa shape index (κ2) is 7.98. The van der Waals surface area contributed by atoms with Crippen LogP contribution < -0.4 is 15.2 Å². The molecule has 0 spiro atoms. The van der Waals surface area contributed by atoms with Crippen LogP contribution in [0.2, 0.25) is 0 Å². The van der Waals surface area contributed by atoms with Crippen molar-refractivity contribution in [3.63, 3.8) is 0 Å². The van der Waals surface area contributed by atoms with Crippen molar-refractivity contribution in [2.24, 2.45) is 5.73 Å². The Morgan fingerprint density at radius 2 is 2.12 bits per heavy atom. The SMILES string of the molecule is C=CC[C@@H](N)c1ccc(OCC)c(OC)c1.Cl. The molecular formula is C13H20ClNO2. The summed E-state index contributed by atoms with van der Waals surface area (Å²) in [4.78, 5) is 0. The summed E-state index contributed by atoms with van der Waals surface area (Å²) < 4.78 is 10.7. The highest BCUT2D eigenvalue weighted by Gasteiger charge is 2.09. The van der Waals surface area contributed by atoms with E-state index in [0.717, 1.165) is 23.5 Å². The van der Waals surface area contributed by atoms with Crippen molar-refractivity contribution in [2.75, 3.05) is 13.7 Å². The molecule has 0 heterocycles. The molecule has 1 aromatic carbocycles. The molecule has 1 rings (SSSR count). The Bertz CT molecular complexity index is 355. The first-order valence-electron chi connectivity index (χ1n) is 5.40. The minimum Gasteiger partial charge on any atom is -0.493 e. The van der Waals surface area contributed by atoms with Crippen LogP contribution in [0.1, 0.15) is 24.9 Å². The molecule has 0 saturated carbocycles. The van der Waals surface area contributed by atoms with Gasteiger partial charge < -0.3 is 15.2 Å². The van der Waals surface area contributed by atoms with E-state index in [1.54, 1.807) is 7.11 Å². The van der Waals surface area contributed by atoms with Gasteiger partial charge in [-0.15, -0.1) is 19.0 Å². The molecule has 0 aliphatic heterocycles. The van der Waals surface area contributed by atoms with Crippen LogP contribution in [0.25, 0.3) is 0 Å². The third kappa shape index (κ3) is 4.29. The number of rotatable bonds is 6. The molecule has 0 aliphatic rings. The highest BCUT2D eigenvalue weighted by Crippen LogP contribution is 2.30. The van der Waals surface area contributed by atoms with Gasteiger partial charge in [0, 0.05) is 6.04 Å². The Kier molecular flexibility index (Phi) is 7.42. The number of benzene rings is 1. The largest absolute Gasteiger partial charge is 0.493 e. The van der Waals surface area contributed by atoms with Gasteiger partial charge >= 0.3 is 0 Å². The number of hydrogen-bond acceptors (Lipinski definition) is 3. The van der Waals surface area contributed by atoms with Gasteiger partial charge in [-0.1, -0.05) is 12.1 Å². The highest BCUT2D eigenvalue weighted by molar-refractivity contribution is 5.85.